The Morgan fingerprint density at radius 1 is 0.588 bits per heavy atom. The number of aliphatic hydroxyl groups is 18. The summed E-state index contributed by atoms with van der Waals surface area (Å²) in [5.74, 6) is -4.02. The molecule has 0 bridgehead atoms. The van der Waals surface area contributed by atoms with Crippen molar-refractivity contribution in [3.05, 3.63) is 0 Å². The highest BCUT2D eigenvalue weighted by atomic mass is 32.2. The van der Waals surface area contributed by atoms with E-state index in [1.165, 1.54) is 0 Å². The average Bonchev–Trinajstić information content (AvgIpc) is 3.08. The Hall–Kier alpha value is -1.91. The molecule has 1 fully saturated rings. The molecule has 1 saturated heterocycles. The molecule has 27 heteroatoms. The molecule has 0 aromatic carbocycles. The SMILES string of the molecule is O=C(O)CC(C(=O)OC1OC(C(O)C(O)C(O)C(O)C(O)C(O)C(O)C(O)C(O)C(O)C(O)C(O)C(O)C(O)CO)C(O)C(O)C1O)S(=O)(=O)O. The standard InChI is InChI=1S/C24H44O26S/c25-2-3(26)6(29)7(30)8(31)9(32)10(33)11(34)12(35)13(36)14(37)15(38)16(39)17(40)19(42)22-20(43)18(41)21(44)24(49-22)50-23(45)4(1-5(27)28)51(46,47)48/h3-4,6-22,24-26,29-44H,1-2H2,(H,27,28)(H,46,47,48). The lowest BCUT2D eigenvalue weighted by Crippen LogP contribution is -2.65. The van der Waals surface area contributed by atoms with Crippen LogP contribution in [0, 0.1) is 0 Å². The van der Waals surface area contributed by atoms with Crippen molar-refractivity contribution in [1.82, 2.24) is 0 Å². The first-order valence-corrected chi connectivity index (χ1v) is 16.0. The fourth-order valence-electron chi connectivity index (χ4n) is 4.66. The van der Waals surface area contributed by atoms with Gasteiger partial charge in [-0.25, -0.2) is 0 Å². The van der Waals surface area contributed by atoms with Crippen molar-refractivity contribution in [2.24, 2.45) is 0 Å². The topological polar surface area (TPSA) is 491 Å². The molecule has 0 aromatic rings. The minimum absolute atomic E-state index is 1.14. The van der Waals surface area contributed by atoms with Crippen molar-refractivity contribution in [2.75, 3.05) is 6.61 Å². The number of esters is 1. The molecule has 0 amide bonds. The van der Waals surface area contributed by atoms with E-state index < -0.39 is 156 Å². The quantitative estimate of drug-likeness (QED) is 0.0403. The zero-order valence-corrected chi connectivity index (χ0v) is 26.6. The van der Waals surface area contributed by atoms with Gasteiger partial charge in [-0.15, -0.1) is 0 Å². The zero-order chi connectivity index (χ0) is 40.0. The van der Waals surface area contributed by atoms with E-state index in [-0.39, 0.29) is 0 Å². The highest BCUT2D eigenvalue weighted by Gasteiger charge is 2.53. The summed E-state index contributed by atoms with van der Waals surface area (Å²) in [5, 5.41) is 187. The van der Waals surface area contributed by atoms with Crippen LogP contribution >= 0.6 is 0 Å². The molecule has 302 valence electrons. The number of carbonyl (C=O) groups excluding carboxylic acids is 1. The number of rotatable bonds is 20. The minimum Gasteiger partial charge on any atom is -0.481 e. The molecule has 20 N–H and O–H groups in total. The summed E-state index contributed by atoms with van der Waals surface area (Å²) in [4.78, 5) is 23.2. The van der Waals surface area contributed by atoms with Gasteiger partial charge in [-0.05, 0) is 0 Å². The number of ether oxygens (including phenoxy) is 2. The first kappa shape index (κ1) is 47.1. The molecule has 20 unspecified atom stereocenters. The van der Waals surface area contributed by atoms with Crippen molar-refractivity contribution in [2.45, 2.75) is 128 Å². The molecule has 0 spiro atoms. The van der Waals surface area contributed by atoms with Crippen LogP contribution in [0.25, 0.3) is 0 Å². The van der Waals surface area contributed by atoms with E-state index in [1.54, 1.807) is 0 Å². The normalized spacial score (nSPS) is 30.5. The summed E-state index contributed by atoms with van der Waals surface area (Å²) >= 11 is 0. The van der Waals surface area contributed by atoms with E-state index in [4.69, 9.17) is 19.5 Å². The number of hydrogen-bond acceptors (Lipinski definition) is 24. The summed E-state index contributed by atoms with van der Waals surface area (Å²) in [6.07, 6.45) is -51.8. The van der Waals surface area contributed by atoms with Gasteiger partial charge < -0.3 is 106 Å². The Kier molecular flexibility index (Phi) is 17.9. The van der Waals surface area contributed by atoms with Crippen LogP contribution in [-0.2, 0) is 29.2 Å². The van der Waals surface area contributed by atoms with Gasteiger partial charge in [-0.1, -0.05) is 0 Å². The molecule has 0 aromatic heterocycles. The fraction of sp³-hybridized carbons (Fsp3) is 0.917. The van der Waals surface area contributed by atoms with Crippen LogP contribution in [0.4, 0.5) is 0 Å². The van der Waals surface area contributed by atoms with Gasteiger partial charge in [0.15, 0.2) is 5.25 Å². The van der Waals surface area contributed by atoms with Crippen LogP contribution < -0.4 is 0 Å². The van der Waals surface area contributed by atoms with E-state index in [2.05, 4.69) is 4.74 Å². The molecule has 0 radical (unpaired) electrons. The molecular formula is C24H44O26S. The maximum Gasteiger partial charge on any atom is 0.329 e. The molecule has 0 saturated carbocycles. The highest BCUT2D eigenvalue weighted by molar-refractivity contribution is 7.87. The molecule has 1 rings (SSSR count). The van der Waals surface area contributed by atoms with Crippen molar-refractivity contribution in [3.63, 3.8) is 0 Å². The number of carboxylic acids is 1. The number of aliphatic hydroxyl groups excluding tert-OH is 18. The summed E-state index contributed by atoms with van der Waals surface area (Å²) in [6, 6.07) is 0. The first-order chi connectivity index (χ1) is 23.2. The van der Waals surface area contributed by atoms with Gasteiger partial charge in [0.1, 0.15) is 110 Å². The maximum atomic E-state index is 12.3. The summed E-state index contributed by atoms with van der Waals surface area (Å²) in [7, 11) is -5.47. The predicted octanol–water partition coefficient (Wildman–Crippen LogP) is -12.9. The third kappa shape index (κ3) is 11.5. The minimum atomic E-state index is -5.47. The molecule has 26 nitrogen and oxygen atoms in total. The highest BCUT2D eigenvalue weighted by Crippen LogP contribution is 2.28. The van der Waals surface area contributed by atoms with E-state index in [9.17, 15) is 105 Å². The summed E-state index contributed by atoms with van der Waals surface area (Å²) < 4.78 is 41.4. The molecule has 0 aliphatic carbocycles. The number of carboxylic acid groups (broad SMARTS) is 1. The van der Waals surface area contributed by atoms with E-state index >= 15 is 0 Å². The second-order valence-electron chi connectivity index (χ2n) is 11.6. The maximum absolute atomic E-state index is 12.3. The Morgan fingerprint density at radius 2 is 0.941 bits per heavy atom. The van der Waals surface area contributed by atoms with Crippen LogP contribution in [0.1, 0.15) is 6.42 Å². The second kappa shape index (κ2) is 19.4. The molecular weight excluding hydrogens is 736 g/mol. The van der Waals surface area contributed by atoms with E-state index in [0.717, 1.165) is 0 Å². The van der Waals surface area contributed by atoms with E-state index in [1.807, 2.05) is 0 Å². The Morgan fingerprint density at radius 3 is 1.27 bits per heavy atom. The molecule has 1 heterocycles. The average molecular weight is 781 g/mol. The fourth-order valence-corrected chi connectivity index (χ4v) is 5.32. The van der Waals surface area contributed by atoms with Gasteiger partial charge in [-0.3, -0.25) is 14.1 Å². The Bertz CT molecular complexity index is 1210. The van der Waals surface area contributed by atoms with Crippen molar-refractivity contribution in [1.29, 1.82) is 0 Å². The van der Waals surface area contributed by atoms with Gasteiger partial charge in [-0.2, -0.15) is 8.42 Å². The predicted molar refractivity (Wildman–Crippen MR) is 152 cm³/mol. The first-order valence-electron chi connectivity index (χ1n) is 14.5. The van der Waals surface area contributed by atoms with Gasteiger partial charge in [0.2, 0.25) is 6.29 Å². The monoisotopic (exact) mass is 780 g/mol. The molecule has 1 aliphatic heterocycles. The summed E-state index contributed by atoms with van der Waals surface area (Å²) in [6.45, 7) is -1.14. The van der Waals surface area contributed by atoms with Crippen LogP contribution in [0.3, 0.4) is 0 Å². The van der Waals surface area contributed by atoms with Gasteiger partial charge >= 0.3 is 11.9 Å². The smallest absolute Gasteiger partial charge is 0.329 e. The Labute approximate surface area is 285 Å². The molecule has 1 aliphatic rings. The van der Waals surface area contributed by atoms with Crippen molar-refractivity contribution >= 4 is 22.1 Å². The second-order valence-corrected chi connectivity index (χ2v) is 13.2. The largest absolute Gasteiger partial charge is 0.481 e. The van der Waals surface area contributed by atoms with Gasteiger partial charge in [0, 0.05) is 0 Å². The molecule has 51 heavy (non-hydrogen) atoms. The lowest BCUT2D eigenvalue weighted by Gasteiger charge is -2.43. The van der Waals surface area contributed by atoms with Crippen molar-refractivity contribution < 1.29 is 129 Å². The van der Waals surface area contributed by atoms with Crippen LogP contribution in [0.2, 0.25) is 0 Å². The van der Waals surface area contributed by atoms with Crippen LogP contribution in [0.5, 0.6) is 0 Å². The third-order valence-corrected chi connectivity index (χ3v) is 9.02. The number of carbonyl (C=O) groups is 2. The number of hydrogen-bond donors (Lipinski definition) is 20. The van der Waals surface area contributed by atoms with Crippen LogP contribution in [-0.4, -0.2) is 250 Å². The zero-order valence-electron chi connectivity index (χ0n) is 25.8. The summed E-state index contributed by atoms with van der Waals surface area (Å²) in [5.41, 5.74) is 0. The number of aliphatic carboxylic acids is 1. The van der Waals surface area contributed by atoms with Crippen LogP contribution in [0.15, 0.2) is 0 Å². The van der Waals surface area contributed by atoms with Gasteiger partial charge in [0.25, 0.3) is 10.1 Å². The third-order valence-electron chi connectivity index (χ3n) is 7.94. The van der Waals surface area contributed by atoms with Crippen molar-refractivity contribution in [3.8, 4) is 0 Å². The lowest BCUT2D eigenvalue weighted by atomic mass is 9.86. The Balaban J connectivity index is 3.07. The van der Waals surface area contributed by atoms with Gasteiger partial charge in [0.05, 0.1) is 13.0 Å². The molecule has 20 atom stereocenters. The van der Waals surface area contributed by atoms with E-state index in [0.29, 0.717) is 0 Å². The lowest BCUT2D eigenvalue weighted by molar-refractivity contribution is -0.310.